The summed E-state index contributed by atoms with van der Waals surface area (Å²) in [5, 5.41) is 12.6. The molecule has 0 aromatic carbocycles. The van der Waals surface area contributed by atoms with Crippen LogP contribution in [0.3, 0.4) is 0 Å². The van der Waals surface area contributed by atoms with Crippen LogP contribution in [0.5, 0.6) is 0 Å². The molecule has 0 aliphatic heterocycles. The van der Waals surface area contributed by atoms with E-state index in [9.17, 15) is 0 Å². The molecule has 5 heteroatoms. The van der Waals surface area contributed by atoms with Gasteiger partial charge in [-0.3, -0.25) is 0 Å². The van der Waals surface area contributed by atoms with Gasteiger partial charge in [0.05, 0.1) is 11.2 Å². The fraction of sp³-hybridized carbons (Fsp3) is 0. The fourth-order valence-electron chi connectivity index (χ4n) is 0.943. The molecule has 2 nitrogen and oxygen atoms in total. The molecule has 2 rings (SSSR count). The van der Waals surface area contributed by atoms with Crippen molar-refractivity contribution in [3.05, 3.63) is 27.2 Å². The Morgan fingerprint density at radius 1 is 1.46 bits per heavy atom. The lowest BCUT2D eigenvalue weighted by Crippen LogP contribution is -1.74. The van der Waals surface area contributed by atoms with Gasteiger partial charge in [-0.2, -0.15) is 5.26 Å². The molecule has 2 aromatic rings. The summed E-state index contributed by atoms with van der Waals surface area (Å²) in [6.07, 6.45) is 0. The third-order valence-corrected chi connectivity index (χ3v) is 2.88. The zero-order valence-electron chi connectivity index (χ0n) is 6.43. The number of rotatable bonds is 1. The highest BCUT2D eigenvalue weighted by Gasteiger charge is 2.06. The molecule has 0 spiro atoms. The highest BCUT2D eigenvalue weighted by molar-refractivity contribution is 7.11. The molecule has 0 amide bonds. The van der Waals surface area contributed by atoms with Crippen molar-refractivity contribution >= 4 is 35.1 Å². The van der Waals surface area contributed by atoms with Gasteiger partial charge < -0.3 is 0 Å². The molecule has 0 fully saturated rings. The van der Waals surface area contributed by atoms with Crippen molar-refractivity contribution in [1.29, 1.82) is 5.26 Å². The van der Waals surface area contributed by atoms with Gasteiger partial charge in [0.1, 0.15) is 10.9 Å². The molecule has 0 aliphatic carbocycles. The van der Waals surface area contributed by atoms with Gasteiger partial charge in [0.25, 0.3) is 0 Å². The van der Waals surface area contributed by atoms with E-state index in [-0.39, 0.29) is 12.4 Å². The minimum Gasteiger partial charge on any atom is -0.245 e. The van der Waals surface area contributed by atoms with Crippen molar-refractivity contribution in [1.82, 2.24) is 4.98 Å². The fourth-order valence-corrected chi connectivity index (χ4v) is 2.19. The van der Waals surface area contributed by atoms with Crippen LogP contribution >= 0.6 is 35.1 Å². The van der Waals surface area contributed by atoms with Crippen molar-refractivity contribution in [2.75, 3.05) is 0 Å². The van der Waals surface area contributed by atoms with Gasteiger partial charge in [-0.05, 0) is 11.4 Å². The van der Waals surface area contributed by atoms with Gasteiger partial charge >= 0.3 is 0 Å². The summed E-state index contributed by atoms with van der Waals surface area (Å²) in [6, 6.07) is 4.08. The molecule has 0 aliphatic rings. The van der Waals surface area contributed by atoms with Crippen LogP contribution in [0, 0.1) is 11.3 Å². The molecule has 0 radical (unpaired) electrons. The molecule has 2 aromatic heterocycles. The average molecular weight is 229 g/mol. The second kappa shape index (κ2) is 4.38. The number of aromatic nitrogens is 1. The molecule has 0 saturated heterocycles. The summed E-state index contributed by atoms with van der Waals surface area (Å²) in [6.45, 7) is 0. The Morgan fingerprint density at radius 2 is 2.31 bits per heavy atom. The largest absolute Gasteiger partial charge is 0.245 e. The van der Waals surface area contributed by atoms with Crippen molar-refractivity contribution in [3.63, 3.8) is 0 Å². The summed E-state index contributed by atoms with van der Waals surface area (Å²) in [5.74, 6) is 0. The second-order valence-corrected chi connectivity index (χ2v) is 3.78. The first-order valence-corrected chi connectivity index (χ1v) is 5.10. The predicted octanol–water partition coefficient (Wildman–Crippen LogP) is 3.17. The first-order valence-electron chi connectivity index (χ1n) is 3.28. The van der Waals surface area contributed by atoms with Crippen LogP contribution in [0.4, 0.5) is 0 Å². The van der Waals surface area contributed by atoms with Crippen LogP contribution < -0.4 is 0 Å². The number of hydrogen-bond donors (Lipinski definition) is 0. The van der Waals surface area contributed by atoms with Crippen LogP contribution in [0.1, 0.15) is 4.88 Å². The van der Waals surface area contributed by atoms with Gasteiger partial charge in [0.2, 0.25) is 0 Å². The monoisotopic (exact) mass is 228 g/mol. The van der Waals surface area contributed by atoms with E-state index in [1.54, 1.807) is 16.8 Å². The van der Waals surface area contributed by atoms with E-state index >= 15 is 0 Å². The third-order valence-electron chi connectivity index (χ3n) is 1.48. The van der Waals surface area contributed by atoms with Crippen LogP contribution in [-0.4, -0.2) is 4.98 Å². The maximum Gasteiger partial charge on any atom is 0.114 e. The molecule has 0 N–H and O–H groups in total. The van der Waals surface area contributed by atoms with Gasteiger partial charge in [-0.1, -0.05) is 0 Å². The summed E-state index contributed by atoms with van der Waals surface area (Å²) in [4.78, 5) is 4.88. The number of nitrogens with zero attached hydrogens (tertiary/aromatic N) is 2. The molecule has 66 valence electrons. The number of thiophene rings is 1. The molecule has 0 atom stereocenters. The Morgan fingerprint density at radius 3 is 2.92 bits per heavy atom. The number of halogens is 1. The summed E-state index contributed by atoms with van der Waals surface area (Å²) >= 11 is 2.99. The van der Waals surface area contributed by atoms with Crippen molar-refractivity contribution in [2.24, 2.45) is 0 Å². The van der Waals surface area contributed by atoms with E-state index in [0.717, 1.165) is 16.1 Å². The van der Waals surface area contributed by atoms with E-state index in [4.69, 9.17) is 5.26 Å². The highest BCUT2D eigenvalue weighted by atomic mass is 35.5. The molecular formula is C8H5ClN2S2. The maximum atomic E-state index is 8.74. The molecule has 0 saturated carbocycles. The van der Waals surface area contributed by atoms with E-state index < -0.39 is 0 Å². The van der Waals surface area contributed by atoms with Gasteiger partial charge in [-0.25, -0.2) is 4.98 Å². The molecular weight excluding hydrogens is 224 g/mol. The lowest BCUT2D eigenvalue weighted by atomic mass is 10.2. The molecule has 13 heavy (non-hydrogen) atoms. The minimum absolute atomic E-state index is 0. The van der Waals surface area contributed by atoms with Gasteiger partial charge in [0.15, 0.2) is 0 Å². The van der Waals surface area contributed by atoms with Crippen LogP contribution in [0.25, 0.3) is 11.3 Å². The first-order chi connectivity index (χ1) is 5.92. The van der Waals surface area contributed by atoms with E-state index in [1.165, 1.54) is 11.3 Å². The quantitative estimate of drug-likeness (QED) is 0.752. The number of hydrogen-bond acceptors (Lipinski definition) is 4. The highest BCUT2D eigenvalue weighted by Crippen LogP contribution is 2.26. The van der Waals surface area contributed by atoms with E-state index in [0.29, 0.717) is 0 Å². The Kier molecular flexibility index (Phi) is 3.43. The first kappa shape index (κ1) is 10.2. The summed E-state index contributed by atoms with van der Waals surface area (Å²) < 4.78 is 0. The lowest BCUT2D eigenvalue weighted by molar-refractivity contribution is 1.41. The van der Waals surface area contributed by atoms with Crippen molar-refractivity contribution in [3.8, 4) is 17.3 Å². The minimum atomic E-state index is 0. The predicted molar refractivity (Wildman–Crippen MR) is 57.4 cm³/mol. The number of nitriles is 1. The standard InChI is InChI=1S/C8H4N2S2.ClH/c9-3-8-6(1-2-12-8)7-4-11-5-10-7;/h1-2,4-5H;1H. The summed E-state index contributed by atoms with van der Waals surface area (Å²) in [5.41, 5.74) is 3.62. The Labute approximate surface area is 89.9 Å². The normalized spacial score (nSPS) is 8.85. The third kappa shape index (κ3) is 1.89. The molecule has 2 heterocycles. The van der Waals surface area contributed by atoms with Gasteiger partial charge in [-0.15, -0.1) is 35.1 Å². The Bertz CT molecular complexity index is 414. The van der Waals surface area contributed by atoms with Crippen LogP contribution in [0.2, 0.25) is 0 Å². The lowest BCUT2D eigenvalue weighted by Gasteiger charge is -1.88. The van der Waals surface area contributed by atoms with Crippen molar-refractivity contribution in [2.45, 2.75) is 0 Å². The Balaban J connectivity index is 0.000000845. The number of thiazole rings is 1. The molecule has 0 bridgehead atoms. The smallest absolute Gasteiger partial charge is 0.114 e. The van der Waals surface area contributed by atoms with Gasteiger partial charge in [0, 0.05) is 10.9 Å². The zero-order chi connectivity index (χ0) is 8.39. The van der Waals surface area contributed by atoms with E-state index in [2.05, 4.69) is 11.1 Å². The van der Waals surface area contributed by atoms with Crippen LogP contribution in [0.15, 0.2) is 22.3 Å². The second-order valence-electron chi connectivity index (χ2n) is 2.15. The Hall–Kier alpha value is -0.890. The van der Waals surface area contributed by atoms with Crippen LogP contribution in [-0.2, 0) is 0 Å². The topological polar surface area (TPSA) is 36.7 Å². The SMILES string of the molecule is Cl.N#Cc1sccc1-c1cscn1. The van der Waals surface area contributed by atoms with E-state index in [1.807, 2.05) is 16.8 Å². The summed E-state index contributed by atoms with van der Waals surface area (Å²) in [7, 11) is 0. The van der Waals surface area contributed by atoms with Crippen molar-refractivity contribution < 1.29 is 0 Å². The maximum absolute atomic E-state index is 8.74. The molecule has 0 unspecified atom stereocenters. The zero-order valence-corrected chi connectivity index (χ0v) is 8.88. The average Bonchev–Trinajstić information content (AvgIpc) is 2.74.